The molecule has 0 spiro atoms. The molecule has 0 heterocycles. The SMILES string of the molecule is NC(=O)c1cccc(C(=O)N(CCO)CCO)c1. The summed E-state index contributed by atoms with van der Waals surface area (Å²) in [6.45, 7) is -0.136. The first-order valence-electron chi connectivity index (χ1n) is 5.51. The molecule has 0 saturated carbocycles. The van der Waals surface area contributed by atoms with Crippen LogP contribution in [-0.2, 0) is 0 Å². The molecule has 0 aliphatic carbocycles. The van der Waals surface area contributed by atoms with Crippen molar-refractivity contribution < 1.29 is 19.8 Å². The highest BCUT2D eigenvalue weighted by molar-refractivity contribution is 5.99. The first-order valence-corrected chi connectivity index (χ1v) is 5.51. The first-order chi connectivity index (χ1) is 8.60. The van der Waals surface area contributed by atoms with Gasteiger partial charge in [-0.1, -0.05) is 6.07 Å². The van der Waals surface area contributed by atoms with Crippen LogP contribution in [0.15, 0.2) is 24.3 Å². The van der Waals surface area contributed by atoms with Gasteiger partial charge in [0.2, 0.25) is 5.91 Å². The minimum Gasteiger partial charge on any atom is -0.395 e. The van der Waals surface area contributed by atoms with Gasteiger partial charge >= 0.3 is 0 Å². The Morgan fingerprint density at radius 1 is 1.11 bits per heavy atom. The van der Waals surface area contributed by atoms with Crippen LogP contribution >= 0.6 is 0 Å². The second-order valence-electron chi connectivity index (χ2n) is 3.68. The molecule has 0 saturated heterocycles. The zero-order chi connectivity index (χ0) is 13.5. The monoisotopic (exact) mass is 252 g/mol. The normalized spacial score (nSPS) is 10.1. The van der Waals surface area contributed by atoms with E-state index in [-0.39, 0.29) is 37.8 Å². The van der Waals surface area contributed by atoms with Crippen molar-refractivity contribution in [1.82, 2.24) is 4.90 Å². The molecule has 2 amide bonds. The molecular weight excluding hydrogens is 236 g/mol. The largest absolute Gasteiger partial charge is 0.395 e. The molecule has 4 N–H and O–H groups in total. The maximum Gasteiger partial charge on any atom is 0.254 e. The number of rotatable bonds is 6. The van der Waals surface area contributed by atoms with E-state index in [1.54, 1.807) is 12.1 Å². The van der Waals surface area contributed by atoms with Gasteiger partial charge in [0.1, 0.15) is 0 Å². The molecule has 0 radical (unpaired) electrons. The molecule has 1 aromatic rings. The number of nitrogens with two attached hydrogens (primary N) is 1. The van der Waals surface area contributed by atoms with E-state index in [4.69, 9.17) is 15.9 Å². The molecule has 18 heavy (non-hydrogen) atoms. The van der Waals surface area contributed by atoms with Crippen molar-refractivity contribution >= 4 is 11.8 Å². The highest BCUT2D eigenvalue weighted by Gasteiger charge is 2.15. The summed E-state index contributed by atoms with van der Waals surface area (Å²) < 4.78 is 0. The molecule has 0 bridgehead atoms. The lowest BCUT2D eigenvalue weighted by Gasteiger charge is -2.20. The lowest BCUT2D eigenvalue weighted by Crippen LogP contribution is -2.36. The standard InChI is InChI=1S/C12H16N2O4/c13-11(17)9-2-1-3-10(8-9)12(18)14(4-6-15)5-7-16/h1-3,8,15-16H,4-7H2,(H2,13,17). The van der Waals surface area contributed by atoms with Crippen LogP contribution in [-0.4, -0.2) is 53.2 Å². The van der Waals surface area contributed by atoms with Crippen molar-refractivity contribution in [3.63, 3.8) is 0 Å². The Morgan fingerprint density at radius 3 is 2.17 bits per heavy atom. The summed E-state index contributed by atoms with van der Waals surface area (Å²) in [5.41, 5.74) is 5.68. The van der Waals surface area contributed by atoms with Crippen molar-refractivity contribution in [3.05, 3.63) is 35.4 Å². The smallest absolute Gasteiger partial charge is 0.254 e. The topological polar surface area (TPSA) is 104 Å². The molecule has 98 valence electrons. The van der Waals surface area contributed by atoms with Crippen LogP contribution in [0.3, 0.4) is 0 Å². The molecule has 1 aromatic carbocycles. The van der Waals surface area contributed by atoms with Crippen molar-refractivity contribution in [2.45, 2.75) is 0 Å². The molecule has 6 nitrogen and oxygen atoms in total. The summed E-state index contributed by atoms with van der Waals surface area (Å²) in [4.78, 5) is 24.4. The van der Waals surface area contributed by atoms with Gasteiger partial charge in [-0.25, -0.2) is 0 Å². The number of primary amides is 1. The van der Waals surface area contributed by atoms with E-state index < -0.39 is 5.91 Å². The lowest BCUT2D eigenvalue weighted by atomic mass is 10.1. The van der Waals surface area contributed by atoms with Crippen LogP contribution in [0.25, 0.3) is 0 Å². The maximum atomic E-state index is 12.1. The zero-order valence-electron chi connectivity index (χ0n) is 9.87. The summed E-state index contributed by atoms with van der Waals surface area (Å²) in [6.07, 6.45) is 0. The highest BCUT2D eigenvalue weighted by atomic mass is 16.3. The van der Waals surface area contributed by atoms with Gasteiger partial charge in [0.05, 0.1) is 13.2 Å². The summed E-state index contributed by atoms with van der Waals surface area (Å²) in [5.74, 6) is -0.971. The lowest BCUT2D eigenvalue weighted by molar-refractivity contribution is 0.0685. The molecule has 0 fully saturated rings. The van der Waals surface area contributed by atoms with Gasteiger partial charge in [-0.3, -0.25) is 9.59 Å². The highest BCUT2D eigenvalue weighted by Crippen LogP contribution is 2.08. The zero-order valence-corrected chi connectivity index (χ0v) is 9.87. The van der Waals surface area contributed by atoms with Gasteiger partial charge < -0.3 is 20.8 Å². The van der Waals surface area contributed by atoms with Crippen LogP contribution in [0.5, 0.6) is 0 Å². The van der Waals surface area contributed by atoms with Gasteiger partial charge in [0.15, 0.2) is 0 Å². The van der Waals surface area contributed by atoms with E-state index in [1.807, 2.05) is 0 Å². The van der Waals surface area contributed by atoms with E-state index >= 15 is 0 Å². The minimum atomic E-state index is -0.611. The number of benzene rings is 1. The Kier molecular flexibility index (Phi) is 5.29. The Morgan fingerprint density at radius 2 is 1.67 bits per heavy atom. The Balaban J connectivity index is 2.93. The predicted octanol–water partition coefficient (Wildman–Crippen LogP) is -0.788. The predicted molar refractivity (Wildman–Crippen MR) is 65.0 cm³/mol. The van der Waals surface area contributed by atoms with E-state index in [2.05, 4.69) is 0 Å². The van der Waals surface area contributed by atoms with Crippen LogP contribution in [0.4, 0.5) is 0 Å². The third-order valence-electron chi connectivity index (χ3n) is 2.42. The summed E-state index contributed by atoms with van der Waals surface area (Å²) in [5, 5.41) is 17.7. The molecule has 0 aromatic heterocycles. The number of carbonyl (C=O) groups is 2. The van der Waals surface area contributed by atoms with Crippen LogP contribution in [0, 0.1) is 0 Å². The van der Waals surface area contributed by atoms with Crippen LogP contribution < -0.4 is 5.73 Å². The minimum absolute atomic E-state index is 0.125. The first kappa shape index (κ1) is 14.1. The number of hydrogen-bond donors (Lipinski definition) is 3. The molecular formula is C12H16N2O4. The summed E-state index contributed by atoms with van der Waals surface area (Å²) in [6, 6.07) is 6.02. The van der Waals surface area contributed by atoms with E-state index in [9.17, 15) is 9.59 Å². The second-order valence-corrected chi connectivity index (χ2v) is 3.68. The maximum absolute atomic E-state index is 12.1. The Labute approximate surface area is 105 Å². The average Bonchev–Trinajstić information content (AvgIpc) is 2.38. The fraction of sp³-hybridized carbons (Fsp3) is 0.333. The Hall–Kier alpha value is -1.92. The number of carbonyl (C=O) groups excluding carboxylic acids is 2. The molecule has 0 aliphatic rings. The number of hydrogen-bond acceptors (Lipinski definition) is 4. The van der Waals surface area contributed by atoms with Gasteiger partial charge in [-0.15, -0.1) is 0 Å². The van der Waals surface area contributed by atoms with Gasteiger partial charge in [-0.2, -0.15) is 0 Å². The fourth-order valence-corrected chi connectivity index (χ4v) is 1.54. The van der Waals surface area contributed by atoms with Crippen molar-refractivity contribution in [3.8, 4) is 0 Å². The van der Waals surface area contributed by atoms with Crippen molar-refractivity contribution in [2.24, 2.45) is 5.73 Å². The average molecular weight is 252 g/mol. The second kappa shape index (κ2) is 6.73. The van der Waals surface area contributed by atoms with Crippen molar-refractivity contribution in [2.75, 3.05) is 26.3 Å². The number of amides is 2. The van der Waals surface area contributed by atoms with Gasteiger partial charge in [0, 0.05) is 24.2 Å². The number of aliphatic hydroxyl groups excluding tert-OH is 2. The van der Waals surface area contributed by atoms with E-state index in [1.165, 1.54) is 17.0 Å². The van der Waals surface area contributed by atoms with E-state index in [0.717, 1.165) is 0 Å². The Bertz CT molecular complexity index is 428. The van der Waals surface area contributed by atoms with Crippen molar-refractivity contribution in [1.29, 1.82) is 0 Å². The molecule has 0 unspecified atom stereocenters. The third kappa shape index (κ3) is 3.54. The third-order valence-corrected chi connectivity index (χ3v) is 2.42. The molecule has 0 aliphatic heterocycles. The van der Waals surface area contributed by atoms with Crippen LogP contribution in [0.1, 0.15) is 20.7 Å². The molecule has 1 rings (SSSR count). The number of aliphatic hydroxyl groups is 2. The van der Waals surface area contributed by atoms with Gasteiger partial charge in [0.25, 0.3) is 5.91 Å². The quantitative estimate of drug-likeness (QED) is 0.617. The van der Waals surface area contributed by atoms with Crippen LogP contribution in [0.2, 0.25) is 0 Å². The molecule has 0 atom stereocenters. The summed E-state index contributed by atoms with van der Waals surface area (Å²) in [7, 11) is 0. The summed E-state index contributed by atoms with van der Waals surface area (Å²) >= 11 is 0. The fourth-order valence-electron chi connectivity index (χ4n) is 1.54. The number of nitrogens with zero attached hydrogens (tertiary/aromatic N) is 1. The molecule has 6 heteroatoms. The van der Waals surface area contributed by atoms with Gasteiger partial charge in [-0.05, 0) is 18.2 Å². The van der Waals surface area contributed by atoms with E-state index in [0.29, 0.717) is 5.56 Å².